The number of rotatable bonds is 4. The van der Waals surface area contributed by atoms with Crippen LogP contribution in [0.2, 0.25) is 0 Å². The van der Waals surface area contributed by atoms with Crippen LogP contribution in [-0.4, -0.2) is 17.1 Å². The molecule has 1 atom stereocenters. The third-order valence-corrected chi connectivity index (χ3v) is 2.06. The molecule has 0 amide bonds. The van der Waals surface area contributed by atoms with Crippen molar-refractivity contribution in [2.24, 2.45) is 12.8 Å². The smallest absolute Gasteiger partial charge is 0.307 e. The van der Waals surface area contributed by atoms with Gasteiger partial charge in [-0.1, -0.05) is 0 Å². The molecule has 14 heavy (non-hydrogen) atoms. The van der Waals surface area contributed by atoms with E-state index in [1.54, 1.807) is 6.92 Å². The Balaban J connectivity index is 2.54. The van der Waals surface area contributed by atoms with Crippen molar-refractivity contribution < 1.29 is 9.53 Å². The van der Waals surface area contributed by atoms with Crippen molar-refractivity contribution in [3.63, 3.8) is 0 Å². The number of aromatic nitrogens is 1. The summed E-state index contributed by atoms with van der Waals surface area (Å²) in [5.41, 5.74) is 6.79. The second-order valence-corrected chi connectivity index (χ2v) is 3.16. The maximum absolute atomic E-state index is 11.1. The zero-order valence-electron chi connectivity index (χ0n) is 8.56. The van der Waals surface area contributed by atoms with Gasteiger partial charge in [-0.25, -0.2) is 0 Å². The van der Waals surface area contributed by atoms with Gasteiger partial charge in [-0.2, -0.15) is 0 Å². The second-order valence-electron chi connectivity index (χ2n) is 3.16. The summed E-state index contributed by atoms with van der Waals surface area (Å²) in [5, 5.41) is 0. The standard InChI is InChI=1S/C10H16N2O2/c1-3-14-10(13)7-8(11)9-5-4-6-12(9)2/h4-6,8H,3,7,11H2,1-2H3/t8-/m0/s1. The lowest BCUT2D eigenvalue weighted by Gasteiger charge is -2.11. The molecule has 0 aliphatic heterocycles. The quantitative estimate of drug-likeness (QED) is 0.730. The first-order valence-corrected chi connectivity index (χ1v) is 4.67. The SMILES string of the molecule is CCOC(=O)C[C@H](N)c1cccn1C. The highest BCUT2D eigenvalue weighted by atomic mass is 16.5. The molecule has 0 spiro atoms. The summed E-state index contributed by atoms with van der Waals surface area (Å²) in [4.78, 5) is 11.1. The highest BCUT2D eigenvalue weighted by Gasteiger charge is 2.14. The minimum Gasteiger partial charge on any atom is -0.466 e. The van der Waals surface area contributed by atoms with Crippen LogP contribution in [0.5, 0.6) is 0 Å². The predicted octanol–water partition coefficient (Wildman–Crippen LogP) is 0.978. The summed E-state index contributed by atoms with van der Waals surface area (Å²) in [6.07, 6.45) is 2.13. The van der Waals surface area contributed by atoms with Gasteiger partial charge in [-0.3, -0.25) is 4.79 Å². The summed E-state index contributed by atoms with van der Waals surface area (Å²) >= 11 is 0. The summed E-state index contributed by atoms with van der Waals surface area (Å²) in [5.74, 6) is -0.249. The van der Waals surface area contributed by atoms with Crippen molar-refractivity contribution in [3.05, 3.63) is 24.0 Å². The fraction of sp³-hybridized carbons (Fsp3) is 0.500. The van der Waals surface area contributed by atoms with Gasteiger partial charge >= 0.3 is 5.97 Å². The minimum absolute atomic E-state index is 0.228. The van der Waals surface area contributed by atoms with Gasteiger partial charge in [-0.15, -0.1) is 0 Å². The van der Waals surface area contributed by atoms with Gasteiger partial charge in [0.05, 0.1) is 19.1 Å². The number of ether oxygens (including phenoxy) is 1. The van der Waals surface area contributed by atoms with Crippen LogP contribution >= 0.6 is 0 Å². The Kier molecular flexibility index (Phi) is 3.71. The summed E-state index contributed by atoms with van der Waals surface area (Å²) in [6, 6.07) is 3.53. The molecule has 0 saturated heterocycles. The van der Waals surface area contributed by atoms with Gasteiger partial charge in [0.1, 0.15) is 0 Å². The first kappa shape index (κ1) is 10.8. The fourth-order valence-electron chi connectivity index (χ4n) is 1.36. The Morgan fingerprint density at radius 2 is 2.43 bits per heavy atom. The number of hydrogen-bond donors (Lipinski definition) is 1. The second kappa shape index (κ2) is 4.81. The molecule has 0 aliphatic carbocycles. The normalized spacial score (nSPS) is 12.5. The molecule has 1 aromatic heterocycles. The van der Waals surface area contributed by atoms with E-state index in [4.69, 9.17) is 10.5 Å². The van der Waals surface area contributed by atoms with E-state index in [-0.39, 0.29) is 18.4 Å². The molecule has 0 aliphatic rings. The molecule has 2 N–H and O–H groups in total. The zero-order valence-corrected chi connectivity index (χ0v) is 8.56. The summed E-state index contributed by atoms with van der Waals surface area (Å²) in [6.45, 7) is 2.19. The lowest BCUT2D eigenvalue weighted by Crippen LogP contribution is -2.19. The van der Waals surface area contributed by atoms with Crippen molar-refractivity contribution in [2.75, 3.05) is 6.61 Å². The highest BCUT2D eigenvalue weighted by molar-refractivity contribution is 5.70. The molecule has 1 aromatic rings. The molecule has 0 saturated carbocycles. The molecule has 0 bridgehead atoms. The van der Waals surface area contributed by atoms with E-state index < -0.39 is 0 Å². The monoisotopic (exact) mass is 196 g/mol. The lowest BCUT2D eigenvalue weighted by molar-refractivity contribution is -0.143. The topological polar surface area (TPSA) is 57.2 Å². The van der Waals surface area contributed by atoms with Gasteiger partial charge < -0.3 is 15.0 Å². The fourth-order valence-corrected chi connectivity index (χ4v) is 1.36. The van der Waals surface area contributed by atoms with Crippen LogP contribution in [-0.2, 0) is 16.6 Å². The van der Waals surface area contributed by atoms with Crippen LogP contribution in [0.4, 0.5) is 0 Å². The lowest BCUT2D eigenvalue weighted by atomic mass is 10.1. The predicted molar refractivity (Wildman–Crippen MR) is 53.6 cm³/mol. The molecule has 0 radical (unpaired) electrons. The Hall–Kier alpha value is -1.29. The molecule has 1 rings (SSSR count). The third-order valence-electron chi connectivity index (χ3n) is 2.06. The largest absolute Gasteiger partial charge is 0.466 e. The average molecular weight is 196 g/mol. The van der Waals surface area contributed by atoms with Crippen LogP contribution in [0.25, 0.3) is 0 Å². The zero-order chi connectivity index (χ0) is 10.6. The number of esters is 1. The Bertz CT molecular complexity index is 307. The van der Waals surface area contributed by atoms with Gasteiger partial charge in [0.25, 0.3) is 0 Å². The minimum atomic E-state index is -0.283. The Morgan fingerprint density at radius 1 is 1.71 bits per heavy atom. The van der Waals surface area contributed by atoms with Crippen molar-refractivity contribution in [3.8, 4) is 0 Å². The van der Waals surface area contributed by atoms with Gasteiger partial charge in [0.15, 0.2) is 0 Å². The Morgan fingerprint density at radius 3 is 2.93 bits per heavy atom. The van der Waals surface area contributed by atoms with Gasteiger partial charge in [0.2, 0.25) is 0 Å². The van der Waals surface area contributed by atoms with E-state index in [9.17, 15) is 4.79 Å². The number of hydrogen-bond acceptors (Lipinski definition) is 3. The van der Waals surface area contributed by atoms with E-state index in [2.05, 4.69) is 0 Å². The molecule has 4 nitrogen and oxygen atoms in total. The van der Waals surface area contributed by atoms with Crippen LogP contribution in [0, 0.1) is 0 Å². The van der Waals surface area contributed by atoms with Crippen molar-refractivity contribution in [2.45, 2.75) is 19.4 Å². The maximum atomic E-state index is 11.1. The molecule has 1 heterocycles. The van der Waals surface area contributed by atoms with Gasteiger partial charge in [-0.05, 0) is 19.1 Å². The molecule has 0 aromatic carbocycles. The van der Waals surface area contributed by atoms with Crippen LogP contribution < -0.4 is 5.73 Å². The molecule has 78 valence electrons. The molecule has 0 unspecified atom stereocenters. The van der Waals surface area contributed by atoms with E-state index >= 15 is 0 Å². The molecule has 4 heteroatoms. The number of nitrogens with zero attached hydrogens (tertiary/aromatic N) is 1. The number of nitrogens with two attached hydrogens (primary N) is 1. The van der Waals surface area contributed by atoms with Crippen LogP contribution in [0.15, 0.2) is 18.3 Å². The van der Waals surface area contributed by atoms with E-state index in [0.29, 0.717) is 6.61 Å². The van der Waals surface area contributed by atoms with Crippen LogP contribution in [0.3, 0.4) is 0 Å². The van der Waals surface area contributed by atoms with Crippen molar-refractivity contribution in [1.82, 2.24) is 4.57 Å². The Labute approximate surface area is 83.7 Å². The number of carbonyl (C=O) groups is 1. The number of carbonyl (C=O) groups excluding carboxylic acids is 1. The van der Waals surface area contributed by atoms with Gasteiger partial charge in [0, 0.05) is 18.9 Å². The third kappa shape index (κ3) is 2.60. The molecular formula is C10H16N2O2. The summed E-state index contributed by atoms with van der Waals surface area (Å²) < 4.78 is 6.73. The molecule has 0 fully saturated rings. The molecular weight excluding hydrogens is 180 g/mol. The first-order chi connectivity index (χ1) is 6.65. The van der Waals surface area contributed by atoms with E-state index in [0.717, 1.165) is 5.69 Å². The first-order valence-electron chi connectivity index (χ1n) is 4.67. The van der Waals surface area contributed by atoms with Crippen molar-refractivity contribution >= 4 is 5.97 Å². The average Bonchev–Trinajstić information content (AvgIpc) is 2.51. The van der Waals surface area contributed by atoms with E-state index in [1.165, 1.54) is 0 Å². The van der Waals surface area contributed by atoms with Crippen LogP contribution in [0.1, 0.15) is 25.1 Å². The maximum Gasteiger partial charge on any atom is 0.307 e. The van der Waals surface area contributed by atoms with Crippen molar-refractivity contribution in [1.29, 1.82) is 0 Å². The number of aryl methyl sites for hydroxylation is 1. The highest BCUT2D eigenvalue weighted by Crippen LogP contribution is 2.14. The summed E-state index contributed by atoms with van der Waals surface area (Å²) in [7, 11) is 1.90. The van der Waals surface area contributed by atoms with E-state index in [1.807, 2.05) is 29.9 Å².